The van der Waals surface area contributed by atoms with Crippen molar-refractivity contribution in [3.05, 3.63) is 47.8 Å². The number of ether oxygens (including phenoxy) is 1. The van der Waals surface area contributed by atoms with E-state index in [0.717, 1.165) is 37.1 Å². The van der Waals surface area contributed by atoms with Gasteiger partial charge in [0.15, 0.2) is 0 Å². The number of amides is 1. The molecule has 2 fully saturated rings. The standard InChI is InChI=1S/C25H36N4O3/c1-17-20(15-26-29(17)5)27-22(30)16-28(4)21-11-12-24(2)13-19(18-9-7-6-8-10-18)14-25(3,32-24)23(21)31/h6-10,15,19,21,23,31H,11-14,16H2,1-5H3,(H,27,30)/t19-,21+,23-,24-,25-/m0/s1. The molecular weight excluding hydrogens is 404 g/mol. The number of anilines is 1. The van der Waals surface area contributed by atoms with Crippen molar-refractivity contribution in [3.63, 3.8) is 0 Å². The summed E-state index contributed by atoms with van der Waals surface area (Å²) < 4.78 is 8.33. The van der Waals surface area contributed by atoms with Crippen LogP contribution in [0.1, 0.15) is 56.7 Å². The number of hydrogen-bond acceptors (Lipinski definition) is 5. The van der Waals surface area contributed by atoms with Gasteiger partial charge in [0, 0.05) is 13.1 Å². The third-order valence-corrected chi connectivity index (χ3v) is 7.51. The SMILES string of the molecule is Cc1c(NC(=O)CN(C)[C@@H]2CC[C@@]3(C)C[C@H](c4ccccc4)C[C@](C)(O3)[C@H]2O)cnn1C. The summed E-state index contributed by atoms with van der Waals surface area (Å²) in [6.45, 7) is 6.33. The van der Waals surface area contributed by atoms with Crippen molar-refractivity contribution in [2.75, 3.05) is 18.9 Å². The predicted octanol–water partition coefficient (Wildman–Crippen LogP) is 3.23. The highest BCUT2D eigenvalue weighted by Gasteiger charge is 2.53. The predicted molar refractivity (Wildman–Crippen MR) is 125 cm³/mol. The van der Waals surface area contributed by atoms with Gasteiger partial charge in [-0.15, -0.1) is 0 Å². The zero-order valence-electron chi connectivity index (χ0n) is 19.8. The van der Waals surface area contributed by atoms with Crippen LogP contribution in [0.25, 0.3) is 0 Å². The van der Waals surface area contributed by atoms with Gasteiger partial charge in [0.2, 0.25) is 5.91 Å². The minimum absolute atomic E-state index is 0.109. The van der Waals surface area contributed by atoms with E-state index in [1.165, 1.54) is 5.56 Å². The normalized spacial score (nSPS) is 32.5. The Morgan fingerprint density at radius 2 is 2.03 bits per heavy atom. The van der Waals surface area contributed by atoms with Gasteiger partial charge in [-0.2, -0.15) is 5.10 Å². The van der Waals surface area contributed by atoms with Crippen LogP contribution in [0.15, 0.2) is 36.5 Å². The number of aliphatic hydroxyl groups is 1. The zero-order chi connectivity index (χ0) is 23.1. The molecule has 5 atom stereocenters. The number of likely N-dealkylation sites (N-methyl/N-ethyl adjacent to an activating group) is 1. The molecule has 2 N–H and O–H groups in total. The van der Waals surface area contributed by atoms with Gasteiger partial charge < -0.3 is 15.2 Å². The average molecular weight is 441 g/mol. The molecule has 0 unspecified atom stereocenters. The highest BCUT2D eigenvalue weighted by atomic mass is 16.5. The van der Waals surface area contributed by atoms with E-state index < -0.39 is 11.7 Å². The molecule has 3 heterocycles. The first-order valence-corrected chi connectivity index (χ1v) is 11.5. The topological polar surface area (TPSA) is 79.6 Å². The Morgan fingerprint density at radius 3 is 2.69 bits per heavy atom. The summed E-state index contributed by atoms with van der Waals surface area (Å²) in [5, 5.41) is 18.6. The molecule has 32 heavy (non-hydrogen) atoms. The molecule has 4 rings (SSSR count). The van der Waals surface area contributed by atoms with Gasteiger partial charge in [-0.25, -0.2) is 0 Å². The monoisotopic (exact) mass is 440 g/mol. The lowest BCUT2D eigenvalue weighted by Gasteiger charge is -2.49. The fraction of sp³-hybridized carbons (Fsp3) is 0.600. The molecule has 1 aromatic carbocycles. The van der Waals surface area contributed by atoms with Gasteiger partial charge in [-0.1, -0.05) is 30.3 Å². The lowest BCUT2D eigenvalue weighted by molar-refractivity contribution is -0.215. The molecule has 1 amide bonds. The molecule has 0 saturated carbocycles. The Morgan fingerprint density at radius 1 is 1.31 bits per heavy atom. The number of carbonyl (C=O) groups is 1. The first-order chi connectivity index (χ1) is 15.1. The fourth-order valence-corrected chi connectivity index (χ4v) is 5.66. The van der Waals surface area contributed by atoms with Crippen molar-refractivity contribution >= 4 is 11.6 Å². The highest BCUT2D eigenvalue weighted by molar-refractivity contribution is 5.92. The van der Waals surface area contributed by atoms with Gasteiger partial charge in [-0.05, 0) is 65.0 Å². The second-order valence-electron chi connectivity index (χ2n) is 10.2. The van der Waals surface area contributed by atoms with E-state index in [0.29, 0.717) is 5.92 Å². The number of rotatable bonds is 5. The minimum Gasteiger partial charge on any atom is -0.388 e. The van der Waals surface area contributed by atoms with Crippen LogP contribution in [-0.2, 0) is 16.6 Å². The molecule has 7 nitrogen and oxygen atoms in total. The van der Waals surface area contributed by atoms with Gasteiger partial charge in [-0.3, -0.25) is 14.4 Å². The number of benzene rings is 1. The molecule has 0 radical (unpaired) electrons. The summed E-state index contributed by atoms with van der Waals surface area (Å²) in [5.41, 5.74) is 1.97. The second-order valence-corrected chi connectivity index (χ2v) is 10.2. The summed E-state index contributed by atoms with van der Waals surface area (Å²) in [5.74, 6) is 0.234. The number of aliphatic hydroxyl groups excluding tert-OH is 1. The fourth-order valence-electron chi connectivity index (χ4n) is 5.66. The van der Waals surface area contributed by atoms with Gasteiger partial charge in [0.1, 0.15) is 0 Å². The summed E-state index contributed by atoms with van der Waals surface area (Å²) in [7, 11) is 3.76. The number of aryl methyl sites for hydroxylation is 1. The van der Waals surface area contributed by atoms with Crippen molar-refractivity contribution in [3.8, 4) is 0 Å². The molecule has 174 valence electrons. The summed E-state index contributed by atoms with van der Waals surface area (Å²) in [4.78, 5) is 14.7. The Kier molecular flexibility index (Phi) is 6.18. The highest BCUT2D eigenvalue weighted by Crippen LogP contribution is 2.50. The Bertz CT molecular complexity index is 961. The maximum atomic E-state index is 12.7. The number of fused-ring (bicyclic) bond motifs is 2. The molecule has 2 aliphatic heterocycles. The van der Waals surface area contributed by atoms with E-state index >= 15 is 0 Å². The van der Waals surface area contributed by atoms with Crippen molar-refractivity contribution in [2.45, 2.75) is 75.7 Å². The Labute approximate surface area is 190 Å². The molecule has 2 saturated heterocycles. The molecule has 2 aliphatic rings. The molecule has 1 aromatic heterocycles. The smallest absolute Gasteiger partial charge is 0.238 e. The first kappa shape index (κ1) is 23.0. The second kappa shape index (κ2) is 8.61. The van der Waals surface area contributed by atoms with Crippen LogP contribution in [0, 0.1) is 6.92 Å². The number of aromatic nitrogens is 2. The first-order valence-electron chi connectivity index (χ1n) is 11.5. The van der Waals surface area contributed by atoms with E-state index in [4.69, 9.17) is 4.74 Å². The van der Waals surface area contributed by atoms with Crippen LogP contribution in [0.3, 0.4) is 0 Å². The van der Waals surface area contributed by atoms with E-state index in [9.17, 15) is 9.90 Å². The molecular formula is C25H36N4O3. The lowest BCUT2D eigenvalue weighted by Crippen LogP contribution is -2.57. The van der Waals surface area contributed by atoms with E-state index in [1.54, 1.807) is 10.9 Å². The molecule has 0 spiro atoms. The number of nitrogens with zero attached hydrogens (tertiary/aromatic N) is 3. The molecule has 7 heteroatoms. The van der Waals surface area contributed by atoms with Gasteiger partial charge in [0.25, 0.3) is 0 Å². The van der Waals surface area contributed by atoms with Crippen LogP contribution in [0.4, 0.5) is 5.69 Å². The molecule has 2 aromatic rings. The van der Waals surface area contributed by atoms with E-state index in [1.807, 2.05) is 38.9 Å². The minimum atomic E-state index is -0.686. The van der Waals surface area contributed by atoms with Crippen molar-refractivity contribution in [1.82, 2.24) is 14.7 Å². The zero-order valence-corrected chi connectivity index (χ0v) is 19.8. The van der Waals surface area contributed by atoms with Crippen molar-refractivity contribution in [1.29, 1.82) is 0 Å². The van der Waals surface area contributed by atoms with Crippen LogP contribution in [0.5, 0.6) is 0 Å². The quantitative estimate of drug-likeness (QED) is 0.746. The largest absolute Gasteiger partial charge is 0.388 e. The summed E-state index contributed by atoms with van der Waals surface area (Å²) >= 11 is 0. The number of nitrogens with one attached hydrogen (secondary N) is 1. The Hall–Kier alpha value is -2.22. The summed E-state index contributed by atoms with van der Waals surface area (Å²) in [6.07, 6.45) is 4.31. The average Bonchev–Trinajstić information content (AvgIpc) is 3.02. The third-order valence-electron chi connectivity index (χ3n) is 7.51. The maximum absolute atomic E-state index is 12.7. The Balaban J connectivity index is 1.49. The van der Waals surface area contributed by atoms with Crippen LogP contribution in [0.2, 0.25) is 0 Å². The molecule has 0 aliphatic carbocycles. The van der Waals surface area contributed by atoms with Crippen LogP contribution < -0.4 is 5.32 Å². The van der Waals surface area contributed by atoms with Gasteiger partial charge >= 0.3 is 0 Å². The number of hydrogen-bond donors (Lipinski definition) is 2. The van der Waals surface area contributed by atoms with Crippen molar-refractivity contribution < 1.29 is 14.6 Å². The van der Waals surface area contributed by atoms with Crippen LogP contribution in [-0.4, -0.2) is 62.6 Å². The third kappa shape index (κ3) is 4.47. The van der Waals surface area contributed by atoms with E-state index in [2.05, 4.69) is 41.6 Å². The van der Waals surface area contributed by atoms with Gasteiger partial charge in [0.05, 0.1) is 41.4 Å². The van der Waals surface area contributed by atoms with E-state index in [-0.39, 0.29) is 24.1 Å². The lowest BCUT2D eigenvalue weighted by atomic mass is 9.74. The molecule has 2 bridgehead atoms. The maximum Gasteiger partial charge on any atom is 0.238 e. The summed E-state index contributed by atoms with van der Waals surface area (Å²) in [6, 6.07) is 10.4. The number of carbonyl (C=O) groups excluding carboxylic acids is 1. The van der Waals surface area contributed by atoms with Crippen LogP contribution >= 0.6 is 0 Å². The van der Waals surface area contributed by atoms with Crippen molar-refractivity contribution in [2.24, 2.45) is 7.05 Å².